The number of carbonyl (C=O) groups excluding carboxylic acids is 1. The summed E-state index contributed by atoms with van der Waals surface area (Å²) in [7, 11) is -1.50. The second-order valence-corrected chi connectivity index (χ2v) is 7.35. The molecule has 2 aromatic rings. The maximum Gasteiger partial charge on any atom is 0.335 e. The molecule has 0 bridgehead atoms. The molecule has 1 amide bonds. The fourth-order valence-corrected chi connectivity index (χ4v) is 3.34. The van der Waals surface area contributed by atoms with Crippen LogP contribution in [0.2, 0.25) is 0 Å². The molecular weight excluding hydrogens is 354 g/mol. The summed E-state index contributed by atoms with van der Waals surface area (Å²) in [6, 6.07) is 13.3. The van der Waals surface area contributed by atoms with Crippen molar-refractivity contribution in [3.8, 4) is 5.75 Å². The van der Waals surface area contributed by atoms with Crippen molar-refractivity contribution >= 4 is 28.4 Å². The summed E-state index contributed by atoms with van der Waals surface area (Å²) in [6.07, 6.45) is 0. The minimum atomic E-state index is -1.50. The molecule has 6 nitrogen and oxygen atoms in total. The molecule has 0 aliphatic carbocycles. The second-order valence-electron chi connectivity index (χ2n) is 5.59. The van der Waals surface area contributed by atoms with Crippen molar-refractivity contribution in [1.29, 1.82) is 0 Å². The van der Waals surface area contributed by atoms with Gasteiger partial charge in [-0.2, -0.15) is 0 Å². The van der Waals surface area contributed by atoms with Crippen LogP contribution in [0.25, 0.3) is 0 Å². The van der Waals surface area contributed by atoms with Gasteiger partial charge < -0.3 is 15.2 Å². The third kappa shape index (κ3) is 5.16. The van der Waals surface area contributed by atoms with Gasteiger partial charge in [-0.05, 0) is 43.7 Å². The zero-order chi connectivity index (χ0) is 19.1. The SMILES string of the molecule is CCOc1ccccc1NC(=O)C(C)S(=O)Cc1cccc(C(=O)O)c1. The van der Waals surface area contributed by atoms with Crippen molar-refractivity contribution in [2.75, 3.05) is 11.9 Å². The summed E-state index contributed by atoms with van der Waals surface area (Å²) in [5.41, 5.74) is 1.26. The van der Waals surface area contributed by atoms with Crippen LogP contribution in [0.3, 0.4) is 0 Å². The number of hydrogen-bond acceptors (Lipinski definition) is 4. The van der Waals surface area contributed by atoms with E-state index in [9.17, 15) is 13.8 Å². The Hall–Kier alpha value is -2.67. The molecular formula is C19H21NO5S. The molecule has 2 rings (SSSR count). The number of carbonyl (C=O) groups is 2. The van der Waals surface area contributed by atoms with Crippen molar-refractivity contribution in [3.63, 3.8) is 0 Å². The number of nitrogens with one attached hydrogen (secondary N) is 1. The first-order valence-corrected chi connectivity index (χ1v) is 9.52. The van der Waals surface area contributed by atoms with Crippen LogP contribution < -0.4 is 10.1 Å². The molecule has 138 valence electrons. The highest BCUT2D eigenvalue weighted by Crippen LogP contribution is 2.24. The van der Waals surface area contributed by atoms with Gasteiger partial charge in [-0.3, -0.25) is 9.00 Å². The Morgan fingerprint density at radius 1 is 1.19 bits per heavy atom. The Kier molecular flexibility index (Phi) is 6.91. The summed E-state index contributed by atoms with van der Waals surface area (Å²) in [5, 5.41) is 11.0. The van der Waals surface area contributed by atoms with Gasteiger partial charge in [0, 0.05) is 16.6 Å². The number of carboxylic acid groups (broad SMARTS) is 1. The lowest BCUT2D eigenvalue weighted by molar-refractivity contribution is -0.115. The number of para-hydroxylation sites is 2. The predicted molar refractivity (Wildman–Crippen MR) is 101 cm³/mol. The van der Waals surface area contributed by atoms with E-state index in [0.29, 0.717) is 23.6 Å². The molecule has 0 heterocycles. The largest absolute Gasteiger partial charge is 0.492 e. The molecule has 0 fully saturated rings. The smallest absolute Gasteiger partial charge is 0.335 e. The average molecular weight is 375 g/mol. The Morgan fingerprint density at radius 3 is 2.62 bits per heavy atom. The van der Waals surface area contributed by atoms with Gasteiger partial charge in [0.15, 0.2) is 0 Å². The lowest BCUT2D eigenvalue weighted by Crippen LogP contribution is -2.30. The van der Waals surface area contributed by atoms with Crippen molar-refractivity contribution in [2.24, 2.45) is 0 Å². The number of amides is 1. The van der Waals surface area contributed by atoms with E-state index in [4.69, 9.17) is 9.84 Å². The van der Waals surface area contributed by atoms with E-state index in [1.807, 2.05) is 6.92 Å². The van der Waals surface area contributed by atoms with Crippen molar-refractivity contribution in [3.05, 3.63) is 59.7 Å². The average Bonchev–Trinajstić information content (AvgIpc) is 2.63. The van der Waals surface area contributed by atoms with Crippen LogP contribution in [-0.4, -0.2) is 33.0 Å². The Morgan fingerprint density at radius 2 is 1.92 bits per heavy atom. The van der Waals surface area contributed by atoms with Crippen molar-refractivity contribution in [2.45, 2.75) is 24.9 Å². The highest BCUT2D eigenvalue weighted by atomic mass is 32.2. The first kappa shape index (κ1) is 19.7. The summed E-state index contributed by atoms with van der Waals surface area (Å²) < 4.78 is 18.0. The third-order valence-electron chi connectivity index (χ3n) is 3.69. The molecule has 0 saturated carbocycles. The highest BCUT2D eigenvalue weighted by molar-refractivity contribution is 7.85. The molecule has 2 aromatic carbocycles. The van der Waals surface area contributed by atoms with Crippen molar-refractivity contribution in [1.82, 2.24) is 0 Å². The molecule has 2 N–H and O–H groups in total. The van der Waals surface area contributed by atoms with Crippen LogP contribution in [0.4, 0.5) is 5.69 Å². The van der Waals surface area contributed by atoms with Crippen LogP contribution in [0.15, 0.2) is 48.5 Å². The maximum atomic E-state index is 12.5. The maximum absolute atomic E-state index is 12.5. The summed E-state index contributed by atoms with van der Waals surface area (Å²) in [4.78, 5) is 23.4. The zero-order valence-electron chi connectivity index (χ0n) is 14.6. The molecule has 0 radical (unpaired) electrons. The number of anilines is 1. The summed E-state index contributed by atoms with van der Waals surface area (Å²) >= 11 is 0. The van der Waals surface area contributed by atoms with Crippen LogP contribution in [0.5, 0.6) is 5.75 Å². The first-order valence-electron chi connectivity index (χ1n) is 8.14. The van der Waals surface area contributed by atoms with Gasteiger partial charge in [0.05, 0.1) is 17.9 Å². The number of carboxylic acids is 1. The van der Waals surface area contributed by atoms with Gasteiger partial charge in [-0.25, -0.2) is 4.79 Å². The van der Waals surface area contributed by atoms with Gasteiger partial charge in [-0.15, -0.1) is 0 Å². The molecule has 2 unspecified atom stereocenters. The molecule has 0 aliphatic heterocycles. The number of hydrogen-bond donors (Lipinski definition) is 2. The van der Waals surface area contributed by atoms with Gasteiger partial charge in [-0.1, -0.05) is 24.3 Å². The monoisotopic (exact) mass is 375 g/mol. The molecule has 0 aliphatic rings. The molecule has 26 heavy (non-hydrogen) atoms. The fourth-order valence-electron chi connectivity index (χ4n) is 2.29. The molecule has 7 heteroatoms. The molecule has 0 saturated heterocycles. The van der Waals surface area contributed by atoms with Gasteiger partial charge >= 0.3 is 5.97 Å². The Bertz CT molecular complexity index is 821. The van der Waals surface area contributed by atoms with E-state index in [-0.39, 0.29) is 17.2 Å². The van der Waals surface area contributed by atoms with Gasteiger partial charge in [0.25, 0.3) is 0 Å². The van der Waals surface area contributed by atoms with Gasteiger partial charge in [0.1, 0.15) is 11.0 Å². The van der Waals surface area contributed by atoms with Crippen molar-refractivity contribution < 1.29 is 23.6 Å². The number of ether oxygens (including phenoxy) is 1. The Labute approximate surface area is 154 Å². The summed E-state index contributed by atoms with van der Waals surface area (Å²) in [6.45, 7) is 3.89. The second kappa shape index (κ2) is 9.15. The van der Waals surface area contributed by atoms with E-state index < -0.39 is 22.0 Å². The normalized spacial score (nSPS) is 12.8. The van der Waals surface area contributed by atoms with Crippen LogP contribution in [0.1, 0.15) is 29.8 Å². The number of aromatic carboxylic acids is 1. The number of rotatable bonds is 8. The zero-order valence-corrected chi connectivity index (χ0v) is 15.4. The minimum Gasteiger partial charge on any atom is -0.492 e. The quantitative estimate of drug-likeness (QED) is 0.740. The van der Waals surface area contributed by atoms with Gasteiger partial charge in [0.2, 0.25) is 5.91 Å². The van der Waals surface area contributed by atoms with E-state index in [1.165, 1.54) is 12.1 Å². The standard InChI is InChI=1S/C19H21NO5S/c1-3-25-17-10-5-4-9-16(17)20-18(21)13(2)26(24)12-14-7-6-8-15(11-14)19(22)23/h4-11,13H,3,12H2,1-2H3,(H,20,21)(H,22,23). The molecule has 0 aromatic heterocycles. The lowest BCUT2D eigenvalue weighted by atomic mass is 10.1. The van der Waals surface area contributed by atoms with Crippen LogP contribution >= 0.6 is 0 Å². The van der Waals surface area contributed by atoms with E-state index >= 15 is 0 Å². The topological polar surface area (TPSA) is 92.7 Å². The summed E-state index contributed by atoms with van der Waals surface area (Å²) in [5.74, 6) is -0.778. The van der Waals surface area contributed by atoms with E-state index in [0.717, 1.165) is 0 Å². The highest BCUT2D eigenvalue weighted by Gasteiger charge is 2.21. The molecule has 0 spiro atoms. The lowest BCUT2D eigenvalue weighted by Gasteiger charge is -2.15. The first-order chi connectivity index (χ1) is 12.4. The van der Waals surface area contributed by atoms with Crippen LogP contribution in [0, 0.1) is 0 Å². The fraction of sp³-hybridized carbons (Fsp3) is 0.263. The number of benzene rings is 2. The van der Waals surface area contributed by atoms with Crippen LogP contribution in [-0.2, 0) is 21.3 Å². The minimum absolute atomic E-state index is 0.100. The Balaban J connectivity index is 2.05. The molecule has 2 atom stereocenters. The predicted octanol–water partition coefficient (Wildman–Crippen LogP) is 3.06. The van der Waals surface area contributed by atoms with E-state index in [2.05, 4.69) is 5.32 Å². The third-order valence-corrected chi connectivity index (χ3v) is 5.31. The van der Waals surface area contributed by atoms with E-state index in [1.54, 1.807) is 43.3 Å².